The van der Waals surface area contributed by atoms with Gasteiger partial charge in [-0.3, -0.25) is 9.59 Å². The van der Waals surface area contributed by atoms with Crippen LogP contribution in [0.2, 0.25) is 0 Å². The number of carbonyl (C=O) groups is 3. The van der Waals surface area contributed by atoms with Crippen LogP contribution in [0.5, 0.6) is 0 Å². The van der Waals surface area contributed by atoms with Crippen LogP contribution in [-0.4, -0.2) is 62.1 Å². The molecular formula is C14H22N2O5. The lowest BCUT2D eigenvalue weighted by atomic mass is 10.2. The molecule has 7 heteroatoms. The lowest BCUT2D eigenvalue weighted by Gasteiger charge is -2.33. The molecule has 1 saturated heterocycles. The maximum atomic E-state index is 12.2. The molecule has 2 rings (SSSR count). The monoisotopic (exact) mass is 298 g/mol. The van der Waals surface area contributed by atoms with Crippen LogP contribution < -0.4 is 5.32 Å². The highest BCUT2D eigenvalue weighted by atomic mass is 16.5. The average molecular weight is 298 g/mol. The Kier molecular flexibility index (Phi) is 5.17. The van der Waals surface area contributed by atoms with Gasteiger partial charge in [0.15, 0.2) is 6.04 Å². The van der Waals surface area contributed by atoms with Crippen molar-refractivity contribution in [3.63, 3.8) is 0 Å². The van der Waals surface area contributed by atoms with E-state index in [1.165, 1.54) is 12.0 Å². The highest BCUT2D eigenvalue weighted by molar-refractivity contribution is 5.86. The first-order chi connectivity index (χ1) is 10.0. The van der Waals surface area contributed by atoms with Crippen LogP contribution >= 0.6 is 0 Å². The smallest absolute Gasteiger partial charge is 0.331 e. The normalized spacial score (nSPS) is 27.9. The molecule has 1 aliphatic carbocycles. The zero-order valence-electron chi connectivity index (χ0n) is 12.5. The van der Waals surface area contributed by atoms with E-state index in [0.29, 0.717) is 25.6 Å². The maximum Gasteiger partial charge on any atom is 0.331 e. The molecule has 0 aromatic carbocycles. The van der Waals surface area contributed by atoms with Crippen LogP contribution in [0, 0.1) is 11.8 Å². The SMILES string of the molecule is COC(=O)C1COCCN1C(=O)CCNC(=O)C1CC1C. The first-order valence-corrected chi connectivity index (χ1v) is 7.27. The van der Waals surface area contributed by atoms with Gasteiger partial charge in [0.25, 0.3) is 0 Å². The molecule has 0 radical (unpaired) electrons. The minimum Gasteiger partial charge on any atom is -0.467 e. The molecule has 3 unspecified atom stereocenters. The topological polar surface area (TPSA) is 84.9 Å². The zero-order valence-corrected chi connectivity index (χ0v) is 12.5. The van der Waals surface area contributed by atoms with Crippen LogP contribution in [-0.2, 0) is 23.9 Å². The molecule has 1 saturated carbocycles. The Bertz CT molecular complexity index is 426. The lowest BCUT2D eigenvalue weighted by molar-refractivity contribution is -0.160. The number of nitrogens with zero attached hydrogens (tertiary/aromatic N) is 1. The number of methoxy groups -OCH3 is 1. The Hall–Kier alpha value is -1.63. The Labute approximate surface area is 123 Å². The minimum atomic E-state index is -0.685. The van der Waals surface area contributed by atoms with E-state index in [2.05, 4.69) is 10.1 Å². The quantitative estimate of drug-likeness (QED) is 0.695. The third-order valence-electron chi connectivity index (χ3n) is 4.01. The first-order valence-electron chi connectivity index (χ1n) is 7.27. The molecule has 118 valence electrons. The van der Waals surface area contributed by atoms with Gasteiger partial charge in [0.05, 0.1) is 20.3 Å². The van der Waals surface area contributed by atoms with Crippen molar-refractivity contribution in [1.82, 2.24) is 10.2 Å². The largest absolute Gasteiger partial charge is 0.467 e. The number of rotatable bonds is 5. The number of nitrogens with one attached hydrogen (secondary N) is 1. The van der Waals surface area contributed by atoms with Crippen LogP contribution in [0.15, 0.2) is 0 Å². The van der Waals surface area contributed by atoms with Crippen molar-refractivity contribution in [3.05, 3.63) is 0 Å². The third-order valence-corrected chi connectivity index (χ3v) is 4.01. The van der Waals surface area contributed by atoms with Crippen molar-refractivity contribution < 1.29 is 23.9 Å². The Morgan fingerprint density at radius 2 is 2.10 bits per heavy atom. The predicted octanol–water partition coefficient (Wildman–Crippen LogP) is -0.451. The van der Waals surface area contributed by atoms with Crippen molar-refractivity contribution in [2.45, 2.75) is 25.8 Å². The summed E-state index contributed by atoms with van der Waals surface area (Å²) in [5.74, 6) is -0.0755. The molecule has 0 spiro atoms. The van der Waals surface area contributed by atoms with E-state index in [4.69, 9.17) is 4.74 Å². The van der Waals surface area contributed by atoms with Gasteiger partial charge in [-0.2, -0.15) is 0 Å². The van der Waals surface area contributed by atoms with E-state index in [-0.39, 0.29) is 30.8 Å². The van der Waals surface area contributed by atoms with Crippen LogP contribution in [0.4, 0.5) is 0 Å². The van der Waals surface area contributed by atoms with Gasteiger partial charge < -0.3 is 19.7 Å². The van der Waals surface area contributed by atoms with Gasteiger partial charge in [-0.25, -0.2) is 4.79 Å². The fourth-order valence-electron chi connectivity index (χ4n) is 2.49. The molecule has 0 aromatic rings. The number of ether oxygens (including phenoxy) is 2. The molecule has 1 N–H and O–H groups in total. The molecule has 2 aliphatic rings. The Balaban J connectivity index is 1.78. The number of hydrogen-bond acceptors (Lipinski definition) is 5. The fourth-order valence-corrected chi connectivity index (χ4v) is 2.49. The van der Waals surface area contributed by atoms with E-state index in [9.17, 15) is 14.4 Å². The van der Waals surface area contributed by atoms with E-state index < -0.39 is 12.0 Å². The molecule has 0 aromatic heterocycles. The number of amides is 2. The van der Waals surface area contributed by atoms with E-state index in [1.807, 2.05) is 6.92 Å². The van der Waals surface area contributed by atoms with Crippen molar-refractivity contribution in [2.24, 2.45) is 11.8 Å². The van der Waals surface area contributed by atoms with Crippen LogP contribution in [0.3, 0.4) is 0 Å². The molecule has 2 fully saturated rings. The number of carbonyl (C=O) groups excluding carboxylic acids is 3. The Morgan fingerprint density at radius 3 is 2.71 bits per heavy atom. The van der Waals surface area contributed by atoms with Crippen LogP contribution in [0.25, 0.3) is 0 Å². The van der Waals surface area contributed by atoms with Gasteiger partial charge in [-0.15, -0.1) is 0 Å². The second-order valence-electron chi connectivity index (χ2n) is 5.56. The summed E-state index contributed by atoms with van der Waals surface area (Å²) >= 11 is 0. The summed E-state index contributed by atoms with van der Waals surface area (Å²) in [6, 6.07) is -0.685. The summed E-state index contributed by atoms with van der Waals surface area (Å²) in [6.07, 6.45) is 1.11. The van der Waals surface area contributed by atoms with Gasteiger partial charge >= 0.3 is 5.97 Å². The number of morpholine rings is 1. The average Bonchev–Trinajstić information content (AvgIpc) is 3.23. The predicted molar refractivity (Wildman–Crippen MR) is 73.2 cm³/mol. The maximum absolute atomic E-state index is 12.2. The second-order valence-corrected chi connectivity index (χ2v) is 5.56. The van der Waals surface area contributed by atoms with Gasteiger partial charge in [-0.05, 0) is 12.3 Å². The minimum absolute atomic E-state index is 0.0156. The summed E-state index contributed by atoms with van der Waals surface area (Å²) < 4.78 is 9.90. The summed E-state index contributed by atoms with van der Waals surface area (Å²) in [7, 11) is 1.29. The molecule has 0 bridgehead atoms. The first kappa shape index (κ1) is 15.8. The molecule has 1 aliphatic heterocycles. The Morgan fingerprint density at radius 1 is 1.38 bits per heavy atom. The standard InChI is InChI=1S/C14H22N2O5/c1-9-7-10(9)13(18)15-4-3-12(17)16-5-6-21-8-11(16)14(19)20-2/h9-11H,3-8H2,1-2H3,(H,15,18). The van der Waals surface area contributed by atoms with Crippen molar-refractivity contribution in [1.29, 1.82) is 0 Å². The molecule has 7 nitrogen and oxygen atoms in total. The fraction of sp³-hybridized carbons (Fsp3) is 0.786. The van der Waals surface area contributed by atoms with E-state index in [1.54, 1.807) is 0 Å². The lowest BCUT2D eigenvalue weighted by Crippen LogP contribution is -2.53. The summed E-state index contributed by atoms with van der Waals surface area (Å²) in [5, 5.41) is 2.77. The van der Waals surface area contributed by atoms with Gasteiger partial charge in [0.2, 0.25) is 11.8 Å². The highest BCUT2D eigenvalue weighted by Gasteiger charge is 2.39. The van der Waals surface area contributed by atoms with Crippen LogP contribution in [0.1, 0.15) is 19.8 Å². The molecule has 3 atom stereocenters. The molecular weight excluding hydrogens is 276 g/mol. The van der Waals surface area contributed by atoms with Crippen molar-refractivity contribution >= 4 is 17.8 Å². The number of hydrogen-bond donors (Lipinski definition) is 1. The second kappa shape index (κ2) is 6.89. The van der Waals surface area contributed by atoms with E-state index >= 15 is 0 Å². The van der Waals surface area contributed by atoms with Crippen molar-refractivity contribution in [3.8, 4) is 0 Å². The van der Waals surface area contributed by atoms with Crippen molar-refractivity contribution in [2.75, 3.05) is 33.4 Å². The molecule has 1 heterocycles. The number of esters is 1. The summed E-state index contributed by atoms with van der Waals surface area (Å²) in [5.41, 5.74) is 0. The van der Waals surface area contributed by atoms with E-state index in [0.717, 1.165) is 6.42 Å². The third kappa shape index (κ3) is 3.93. The summed E-state index contributed by atoms with van der Waals surface area (Å²) in [6.45, 7) is 3.26. The van der Waals surface area contributed by atoms with Gasteiger partial charge in [0.1, 0.15) is 0 Å². The van der Waals surface area contributed by atoms with Gasteiger partial charge in [-0.1, -0.05) is 6.92 Å². The summed E-state index contributed by atoms with van der Waals surface area (Å²) in [4.78, 5) is 36.9. The highest BCUT2D eigenvalue weighted by Crippen LogP contribution is 2.37. The molecule has 2 amide bonds. The zero-order chi connectivity index (χ0) is 15.4. The van der Waals surface area contributed by atoms with Gasteiger partial charge in [0, 0.05) is 25.4 Å². The molecule has 21 heavy (non-hydrogen) atoms.